The van der Waals surface area contributed by atoms with Gasteiger partial charge in [-0.25, -0.2) is 14.4 Å². The number of aromatic amines is 1. The molecule has 13 heteroatoms. The first kappa shape index (κ1) is 36.9. The van der Waals surface area contributed by atoms with Gasteiger partial charge in [-0.05, 0) is 57.4 Å². The molecule has 1 aliphatic carbocycles. The van der Waals surface area contributed by atoms with Gasteiger partial charge in [0.1, 0.15) is 35.7 Å². The molecular weight excluding hydrogens is 646 g/mol. The first-order chi connectivity index (χ1) is 23.7. The molecule has 1 amide bonds. The summed E-state index contributed by atoms with van der Waals surface area (Å²) in [6.45, 7) is 8.82. The van der Waals surface area contributed by atoms with Crippen LogP contribution in [-0.2, 0) is 39.8 Å². The van der Waals surface area contributed by atoms with Crippen molar-refractivity contribution in [2.45, 2.75) is 96.2 Å². The molecule has 1 fully saturated rings. The number of fused-ring (bicyclic) bond motifs is 1. The highest BCUT2D eigenvalue weighted by atomic mass is 16.6. The van der Waals surface area contributed by atoms with E-state index in [1.54, 1.807) is 50.5 Å². The SMILES string of the molecule is CO[C@H]1C[C@H]2C=C[C@@H]3C[C@]2(O[C@H]3[C@H](OC(=O)c2ccc[nH]2)[C@H](C)[C@H](C)O)/C(C)=C/[C@@H](C)[C@@H]([C@@H](C)OC(=O)C[n+]2cccc(C(N)=O)c2)OC1=O. The molecule has 0 saturated carbocycles. The topological polar surface area (TPSA) is 180 Å². The van der Waals surface area contributed by atoms with Crippen molar-refractivity contribution < 1.29 is 52.5 Å². The maximum Gasteiger partial charge on any atom is 0.373 e. The van der Waals surface area contributed by atoms with Crippen LogP contribution in [0.5, 0.6) is 0 Å². The molecule has 2 aromatic heterocycles. The van der Waals surface area contributed by atoms with Crippen LogP contribution < -0.4 is 10.3 Å². The third-order valence-corrected chi connectivity index (χ3v) is 10.4. The van der Waals surface area contributed by atoms with Crippen LogP contribution in [0.4, 0.5) is 0 Å². The monoisotopic (exact) mass is 694 g/mol. The zero-order valence-corrected chi connectivity index (χ0v) is 29.3. The van der Waals surface area contributed by atoms with Crippen molar-refractivity contribution in [3.05, 3.63) is 77.9 Å². The average molecular weight is 695 g/mol. The van der Waals surface area contributed by atoms with E-state index < -0.39 is 77.9 Å². The average Bonchev–Trinajstić information content (AvgIpc) is 3.72. The van der Waals surface area contributed by atoms with E-state index in [9.17, 15) is 24.3 Å². The van der Waals surface area contributed by atoms with E-state index in [1.807, 2.05) is 39.0 Å². The molecule has 270 valence electrons. The number of nitrogens with zero attached hydrogens (tertiary/aromatic N) is 1. The molecule has 2 aromatic rings. The third-order valence-electron chi connectivity index (χ3n) is 10.4. The molecule has 13 nitrogen and oxygen atoms in total. The molecule has 4 N–H and O–H groups in total. The van der Waals surface area contributed by atoms with Gasteiger partial charge >= 0.3 is 17.9 Å². The van der Waals surface area contributed by atoms with Gasteiger partial charge in [0.05, 0.1) is 11.7 Å². The predicted molar refractivity (Wildman–Crippen MR) is 178 cm³/mol. The largest absolute Gasteiger partial charge is 0.456 e. The van der Waals surface area contributed by atoms with Crippen molar-refractivity contribution in [2.75, 3.05) is 7.11 Å². The fourth-order valence-corrected chi connectivity index (χ4v) is 7.43. The number of amides is 1. The summed E-state index contributed by atoms with van der Waals surface area (Å²) in [7, 11) is 1.44. The summed E-state index contributed by atoms with van der Waals surface area (Å²) in [5, 5.41) is 10.7. The van der Waals surface area contributed by atoms with Crippen LogP contribution in [0, 0.1) is 23.7 Å². The second-order valence-corrected chi connectivity index (χ2v) is 13.8. The van der Waals surface area contributed by atoms with E-state index >= 15 is 0 Å². The van der Waals surface area contributed by atoms with Gasteiger partial charge in [0.15, 0.2) is 18.5 Å². The maximum atomic E-state index is 13.6. The summed E-state index contributed by atoms with van der Waals surface area (Å²) >= 11 is 0. The van der Waals surface area contributed by atoms with Crippen molar-refractivity contribution in [3.63, 3.8) is 0 Å². The number of nitrogens with two attached hydrogens (primary N) is 1. The first-order valence-electron chi connectivity index (χ1n) is 17.0. The number of aliphatic hydroxyl groups is 1. The molecule has 50 heavy (non-hydrogen) atoms. The van der Waals surface area contributed by atoms with Crippen LogP contribution in [0.2, 0.25) is 0 Å². The number of ether oxygens (including phenoxy) is 5. The minimum Gasteiger partial charge on any atom is -0.456 e. The van der Waals surface area contributed by atoms with E-state index in [-0.39, 0.29) is 30.4 Å². The minimum absolute atomic E-state index is 0.148. The van der Waals surface area contributed by atoms with Crippen molar-refractivity contribution in [2.24, 2.45) is 29.4 Å². The number of primary amides is 1. The Bertz CT molecular complexity index is 1620. The summed E-state index contributed by atoms with van der Waals surface area (Å²) in [6.07, 6.45) is 6.77. The Labute approximate surface area is 291 Å². The maximum absolute atomic E-state index is 13.6. The van der Waals surface area contributed by atoms with Crippen LogP contribution in [0.25, 0.3) is 0 Å². The standard InChI is InChI=1S/C37H47N3O10/c1-20-15-21(2)37-17-25(33(50-37)32(22(3)23(4)41)49-35(44)28-10-7-13-39-28)11-12-27(37)16-29(46-6)36(45)48-31(20)24(5)47-30(42)19-40-14-8-9-26(18-40)34(38)43/h7-15,18,20,22-25,27,29,31-33,41H,16-17,19H2,1-6H3,(H2-,38,39,43,44)/p+1/b21-15+/t20-,22-,23+,24-,25-,27-,29+,31+,32-,33-,37+/m1/s1. The minimum atomic E-state index is -0.950. The number of carbonyl (C=O) groups excluding carboxylic acids is 4. The molecule has 5 rings (SSSR count). The summed E-state index contributed by atoms with van der Waals surface area (Å²) in [5.41, 5.74) is 5.93. The van der Waals surface area contributed by atoms with Gasteiger partial charge < -0.3 is 39.5 Å². The molecule has 2 aliphatic heterocycles. The number of pyridine rings is 1. The number of nitrogens with one attached hydrogen (secondary N) is 1. The number of hydrogen-bond acceptors (Lipinski definition) is 10. The highest BCUT2D eigenvalue weighted by Crippen LogP contribution is 2.53. The van der Waals surface area contributed by atoms with Gasteiger partial charge in [-0.2, -0.15) is 4.57 Å². The van der Waals surface area contributed by atoms with Gasteiger partial charge in [0.25, 0.3) is 5.91 Å². The molecule has 11 atom stereocenters. The quantitative estimate of drug-likeness (QED) is 0.137. The summed E-state index contributed by atoms with van der Waals surface area (Å²) in [4.78, 5) is 54.3. The van der Waals surface area contributed by atoms with Crippen LogP contribution in [0.3, 0.4) is 0 Å². The lowest BCUT2D eigenvalue weighted by Crippen LogP contribution is -2.48. The van der Waals surface area contributed by atoms with Crippen molar-refractivity contribution >= 4 is 23.8 Å². The summed E-state index contributed by atoms with van der Waals surface area (Å²) < 4.78 is 32.1. The third kappa shape index (κ3) is 7.69. The van der Waals surface area contributed by atoms with Crippen molar-refractivity contribution in [3.8, 4) is 0 Å². The number of carbonyl (C=O) groups is 4. The highest BCUT2D eigenvalue weighted by molar-refractivity contribution is 5.92. The number of rotatable bonds is 11. The number of hydrogen-bond donors (Lipinski definition) is 3. The lowest BCUT2D eigenvalue weighted by molar-refractivity contribution is -0.686. The Hall–Kier alpha value is -4.33. The normalized spacial score (nSPS) is 31.2. The zero-order chi connectivity index (χ0) is 36.3. The fourth-order valence-electron chi connectivity index (χ4n) is 7.43. The number of H-pyrrole nitrogens is 1. The number of aliphatic hydroxyl groups excluding tert-OH is 1. The van der Waals surface area contributed by atoms with Gasteiger partial charge in [-0.15, -0.1) is 0 Å². The zero-order valence-electron chi connectivity index (χ0n) is 29.3. The van der Waals surface area contributed by atoms with Gasteiger partial charge in [0, 0.05) is 43.0 Å². The summed E-state index contributed by atoms with van der Waals surface area (Å²) in [6, 6.07) is 6.49. The van der Waals surface area contributed by atoms with Crippen LogP contribution in [0.15, 0.2) is 66.7 Å². The van der Waals surface area contributed by atoms with Crippen molar-refractivity contribution in [1.29, 1.82) is 0 Å². The Balaban J connectivity index is 1.42. The molecular formula is C37H48N3O10+. The van der Waals surface area contributed by atoms with E-state index in [0.717, 1.165) is 5.57 Å². The molecule has 0 aromatic carbocycles. The number of esters is 3. The van der Waals surface area contributed by atoms with E-state index in [4.69, 9.17) is 29.4 Å². The van der Waals surface area contributed by atoms with Gasteiger partial charge in [-0.3, -0.25) is 4.79 Å². The highest BCUT2D eigenvalue weighted by Gasteiger charge is 2.57. The number of cyclic esters (lactones) is 1. The fraction of sp³-hybridized carbons (Fsp3) is 0.541. The summed E-state index contributed by atoms with van der Waals surface area (Å²) in [5.74, 6) is -3.68. The van der Waals surface area contributed by atoms with Crippen LogP contribution in [-0.4, -0.2) is 83.2 Å². The smallest absolute Gasteiger partial charge is 0.373 e. The predicted octanol–water partition coefficient (Wildman–Crippen LogP) is 2.82. The Morgan fingerprint density at radius 1 is 1.14 bits per heavy atom. The Morgan fingerprint density at radius 2 is 1.90 bits per heavy atom. The molecule has 2 bridgehead atoms. The number of methoxy groups -OCH3 is 1. The first-order valence-corrected chi connectivity index (χ1v) is 17.0. The molecule has 1 spiro atoms. The van der Waals surface area contributed by atoms with Crippen LogP contribution >= 0.6 is 0 Å². The van der Waals surface area contributed by atoms with E-state index in [1.165, 1.54) is 17.9 Å². The van der Waals surface area contributed by atoms with Crippen LogP contribution in [0.1, 0.15) is 68.3 Å². The van der Waals surface area contributed by atoms with E-state index in [2.05, 4.69) is 4.98 Å². The van der Waals surface area contributed by atoms with E-state index in [0.29, 0.717) is 12.1 Å². The lowest BCUT2D eigenvalue weighted by Gasteiger charge is -2.41. The second kappa shape index (κ2) is 15.3. The lowest BCUT2D eigenvalue weighted by atomic mass is 9.69. The molecule has 0 radical (unpaired) electrons. The van der Waals surface area contributed by atoms with Gasteiger partial charge in [-0.1, -0.05) is 32.1 Å². The molecule has 4 heterocycles. The Morgan fingerprint density at radius 3 is 2.56 bits per heavy atom. The number of aromatic nitrogens is 2. The molecule has 3 aliphatic rings. The van der Waals surface area contributed by atoms with Crippen molar-refractivity contribution in [1.82, 2.24) is 4.98 Å². The molecule has 1 saturated heterocycles. The van der Waals surface area contributed by atoms with Gasteiger partial charge in [0.2, 0.25) is 6.54 Å². The molecule has 0 unspecified atom stereocenters. The Kier molecular flexibility index (Phi) is 11.3. The second-order valence-electron chi connectivity index (χ2n) is 13.8.